The van der Waals surface area contributed by atoms with Crippen molar-refractivity contribution < 1.29 is 22.7 Å². The number of fused-ring (bicyclic) bond motifs is 1. The van der Waals surface area contributed by atoms with Gasteiger partial charge in [0.25, 0.3) is 0 Å². The summed E-state index contributed by atoms with van der Waals surface area (Å²) in [5.41, 5.74) is -0.154. The zero-order valence-electron chi connectivity index (χ0n) is 16.3. The molecular weight excluding hydrogens is 406 g/mol. The number of benzene rings is 1. The minimum absolute atomic E-state index is 0.169. The Hall–Kier alpha value is -1.97. The Bertz CT molecular complexity index is 989. The van der Waals surface area contributed by atoms with E-state index in [2.05, 4.69) is 0 Å². The molecule has 0 radical (unpaired) electrons. The first-order valence-corrected chi connectivity index (χ1v) is 10.6. The Balaban J connectivity index is 1.82. The van der Waals surface area contributed by atoms with Gasteiger partial charge in [-0.3, -0.25) is 0 Å². The van der Waals surface area contributed by atoms with Crippen LogP contribution in [0.5, 0.6) is 5.75 Å². The monoisotopic (exact) mass is 429 g/mol. The molecule has 1 aromatic carbocycles. The Morgan fingerprint density at radius 3 is 2.36 bits per heavy atom. The molecule has 28 heavy (non-hydrogen) atoms. The van der Waals surface area contributed by atoms with E-state index in [1.165, 1.54) is 22.5 Å². The van der Waals surface area contributed by atoms with Crippen LogP contribution in [-0.2, 0) is 14.9 Å². The summed E-state index contributed by atoms with van der Waals surface area (Å²) in [6.45, 7) is 6.23. The zero-order valence-corrected chi connectivity index (χ0v) is 17.9. The molecule has 3 rings (SSSR count). The second-order valence-electron chi connectivity index (χ2n) is 7.50. The van der Waals surface area contributed by atoms with E-state index in [9.17, 15) is 13.2 Å². The number of amides is 1. The molecule has 1 saturated heterocycles. The molecule has 0 N–H and O–H groups in total. The van der Waals surface area contributed by atoms with Crippen LogP contribution in [0.1, 0.15) is 20.8 Å². The normalized spacial score (nSPS) is 16.4. The summed E-state index contributed by atoms with van der Waals surface area (Å²) in [7, 11) is -2.34. The molecule has 8 nitrogen and oxygen atoms in total. The molecule has 2 aromatic rings. The molecule has 10 heteroatoms. The van der Waals surface area contributed by atoms with Crippen molar-refractivity contribution in [3.63, 3.8) is 0 Å². The quantitative estimate of drug-likeness (QED) is 0.749. The number of rotatable bonds is 3. The average molecular weight is 430 g/mol. The number of nitrogens with zero attached hydrogens (tertiary/aromatic N) is 3. The molecule has 1 fully saturated rings. The van der Waals surface area contributed by atoms with Gasteiger partial charge in [-0.05, 0) is 32.9 Å². The van der Waals surface area contributed by atoms with Crippen LogP contribution < -0.4 is 4.74 Å². The highest BCUT2D eigenvalue weighted by atomic mass is 35.5. The fourth-order valence-corrected chi connectivity index (χ4v) is 4.95. The van der Waals surface area contributed by atoms with Gasteiger partial charge in [-0.1, -0.05) is 17.7 Å². The van der Waals surface area contributed by atoms with Crippen molar-refractivity contribution in [3.05, 3.63) is 29.4 Å². The summed E-state index contributed by atoms with van der Waals surface area (Å²) in [4.78, 5) is 13.7. The minimum Gasteiger partial charge on any atom is -0.496 e. The van der Waals surface area contributed by atoms with Gasteiger partial charge < -0.3 is 14.4 Å². The van der Waals surface area contributed by atoms with Crippen LogP contribution in [-0.4, -0.2) is 66.6 Å². The highest BCUT2D eigenvalue weighted by molar-refractivity contribution is 7.87. The van der Waals surface area contributed by atoms with Crippen molar-refractivity contribution >= 4 is 38.8 Å². The van der Waals surface area contributed by atoms with E-state index in [-0.39, 0.29) is 26.2 Å². The molecule has 1 aromatic heterocycles. The number of aromatic nitrogens is 1. The second-order valence-corrected chi connectivity index (χ2v) is 9.71. The van der Waals surface area contributed by atoms with E-state index >= 15 is 0 Å². The lowest BCUT2D eigenvalue weighted by atomic mass is 10.2. The van der Waals surface area contributed by atoms with E-state index in [0.29, 0.717) is 21.7 Å². The molecule has 0 spiro atoms. The molecule has 1 aliphatic heterocycles. The van der Waals surface area contributed by atoms with Gasteiger partial charge >= 0.3 is 16.3 Å². The fraction of sp³-hybridized carbons (Fsp3) is 0.500. The molecule has 0 atom stereocenters. The number of hydrogen-bond donors (Lipinski definition) is 0. The highest BCUT2D eigenvalue weighted by Gasteiger charge is 2.33. The van der Waals surface area contributed by atoms with Gasteiger partial charge in [-0.2, -0.15) is 12.7 Å². The number of carbonyl (C=O) groups is 1. The van der Waals surface area contributed by atoms with Crippen molar-refractivity contribution in [1.29, 1.82) is 0 Å². The summed E-state index contributed by atoms with van der Waals surface area (Å²) < 4.78 is 39.5. The van der Waals surface area contributed by atoms with E-state index < -0.39 is 21.9 Å². The van der Waals surface area contributed by atoms with E-state index in [4.69, 9.17) is 21.1 Å². The maximum absolute atomic E-state index is 13.2. The van der Waals surface area contributed by atoms with Crippen LogP contribution in [0.25, 0.3) is 10.9 Å². The predicted octanol–water partition coefficient (Wildman–Crippen LogP) is 2.95. The van der Waals surface area contributed by atoms with E-state index in [1.54, 1.807) is 39.0 Å². The molecule has 1 aliphatic rings. The van der Waals surface area contributed by atoms with Gasteiger partial charge in [-0.25, -0.2) is 8.77 Å². The fourth-order valence-electron chi connectivity index (χ4n) is 3.09. The largest absolute Gasteiger partial charge is 0.496 e. The molecule has 0 aliphatic carbocycles. The lowest BCUT2D eigenvalue weighted by Gasteiger charge is -2.35. The topological polar surface area (TPSA) is 81.1 Å². The molecule has 2 heterocycles. The first-order chi connectivity index (χ1) is 13.0. The van der Waals surface area contributed by atoms with Gasteiger partial charge in [-0.15, -0.1) is 0 Å². The Labute approximate surface area is 169 Å². The van der Waals surface area contributed by atoms with Crippen molar-refractivity contribution in [2.75, 3.05) is 33.3 Å². The summed E-state index contributed by atoms with van der Waals surface area (Å²) in [6.07, 6.45) is 0.938. The number of hydrogen-bond acceptors (Lipinski definition) is 5. The molecule has 154 valence electrons. The lowest BCUT2D eigenvalue weighted by molar-refractivity contribution is 0.0192. The maximum atomic E-state index is 13.2. The number of halogens is 1. The predicted molar refractivity (Wildman–Crippen MR) is 107 cm³/mol. The first kappa shape index (κ1) is 20.8. The van der Waals surface area contributed by atoms with Gasteiger partial charge in [0.15, 0.2) is 0 Å². The van der Waals surface area contributed by atoms with Gasteiger partial charge in [0.05, 0.1) is 23.0 Å². The van der Waals surface area contributed by atoms with Crippen molar-refractivity contribution in [2.45, 2.75) is 26.4 Å². The third-order valence-corrected chi connectivity index (χ3v) is 6.50. The maximum Gasteiger partial charge on any atom is 0.410 e. The Kier molecular flexibility index (Phi) is 5.53. The SMILES string of the molecule is COc1cccc2c1c(Cl)cn2S(=O)(=O)N1CCN(C(=O)OC(C)(C)C)CC1. The standard InChI is InChI=1S/C18H24ClN3O5S/c1-18(2,3)27-17(23)20-8-10-21(11-9-20)28(24,25)22-12-13(19)16-14(22)6-5-7-15(16)26-4/h5-7,12H,8-11H2,1-4H3. The summed E-state index contributed by atoms with van der Waals surface area (Å²) in [5.74, 6) is 0.506. The highest BCUT2D eigenvalue weighted by Crippen LogP contribution is 2.35. The van der Waals surface area contributed by atoms with Crippen LogP contribution in [0.2, 0.25) is 5.02 Å². The van der Waals surface area contributed by atoms with Crippen LogP contribution in [0.3, 0.4) is 0 Å². The Morgan fingerprint density at radius 1 is 1.14 bits per heavy atom. The third-order valence-electron chi connectivity index (χ3n) is 4.40. The number of ether oxygens (including phenoxy) is 2. The molecule has 0 bridgehead atoms. The third kappa shape index (κ3) is 3.92. The molecule has 0 saturated carbocycles. The minimum atomic E-state index is -3.85. The van der Waals surface area contributed by atoms with Crippen molar-refractivity contribution in [2.24, 2.45) is 0 Å². The summed E-state index contributed by atoms with van der Waals surface area (Å²) >= 11 is 6.28. The van der Waals surface area contributed by atoms with Crippen molar-refractivity contribution in [1.82, 2.24) is 13.2 Å². The van der Waals surface area contributed by atoms with Crippen LogP contribution in [0, 0.1) is 0 Å². The number of carbonyl (C=O) groups excluding carboxylic acids is 1. The van der Waals surface area contributed by atoms with E-state index in [1.807, 2.05) is 0 Å². The first-order valence-electron chi connectivity index (χ1n) is 8.87. The average Bonchev–Trinajstić information content (AvgIpc) is 2.98. The van der Waals surface area contributed by atoms with Gasteiger partial charge in [0, 0.05) is 32.4 Å². The van der Waals surface area contributed by atoms with Gasteiger partial charge in [0.1, 0.15) is 11.4 Å². The lowest BCUT2D eigenvalue weighted by Crippen LogP contribution is -2.52. The second kappa shape index (κ2) is 7.46. The van der Waals surface area contributed by atoms with Crippen molar-refractivity contribution in [3.8, 4) is 5.75 Å². The van der Waals surface area contributed by atoms with E-state index in [0.717, 1.165) is 3.97 Å². The van der Waals surface area contributed by atoms with Crippen LogP contribution >= 0.6 is 11.6 Å². The molecule has 1 amide bonds. The smallest absolute Gasteiger partial charge is 0.410 e. The number of piperazine rings is 1. The zero-order chi connectivity index (χ0) is 20.7. The van der Waals surface area contributed by atoms with Crippen LogP contribution in [0.4, 0.5) is 4.79 Å². The Morgan fingerprint density at radius 2 is 1.79 bits per heavy atom. The molecule has 0 unspecified atom stereocenters. The van der Waals surface area contributed by atoms with Crippen LogP contribution in [0.15, 0.2) is 24.4 Å². The molecular formula is C18H24ClN3O5S. The van der Waals surface area contributed by atoms with Gasteiger partial charge in [0.2, 0.25) is 0 Å². The number of methoxy groups -OCH3 is 1. The summed E-state index contributed by atoms with van der Waals surface area (Å²) in [5, 5.41) is 0.839. The summed E-state index contributed by atoms with van der Waals surface area (Å²) in [6, 6.07) is 5.12.